The largest absolute Gasteiger partial charge is 0.444 e. The highest BCUT2D eigenvalue weighted by Gasteiger charge is 2.25. The molecule has 1 aliphatic carbocycles. The lowest BCUT2D eigenvalue weighted by atomic mass is 9.91. The Morgan fingerprint density at radius 1 is 1.33 bits per heavy atom. The van der Waals surface area contributed by atoms with E-state index in [1.54, 1.807) is 0 Å². The second-order valence-electron chi connectivity index (χ2n) is 6.71. The molecule has 0 aliphatic heterocycles. The van der Waals surface area contributed by atoms with Crippen molar-refractivity contribution in [2.24, 2.45) is 0 Å². The molecule has 2 N–H and O–H groups in total. The van der Waals surface area contributed by atoms with E-state index in [1.165, 1.54) is 22.2 Å². The molecule has 0 saturated heterocycles. The number of H-pyrrole nitrogens is 1. The van der Waals surface area contributed by atoms with Gasteiger partial charge in [-0.1, -0.05) is 18.2 Å². The molecule has 4 nitrogen and oxygen atoms in total. The van der Waals surface area contributed by atoms with Crippen LogP contribution in [0.5, 0.6) is 0 Å². The predicted octanol–water partition coefficient (Wildman–Crippen LogP) is 3.55. The third kappa shape index (κ3) is 3.04. The fourth-order valence-electron chi connectivity index (χ4n) is 2.97. The van der Waals surface area contributed by atoms with Crippen LogP contribution in [0, 0.1) is 0 Å². The van der Waals surface area contributed by atoms with Crippen LogP contribution >= 0.6 is 0 Å². The minimum atomic E-state index is -0.454. The summed E-state index contributed by atoms with van der Waals surface area (Å²) in [6, 6.07) is 8.48. The third-order valence-corrected chi connectivity index (χ3v) is 3.82. The summed E-state index contributed by atoms with van der Waals surface area (Å²) in [5.74, 6) is 0. The van der Waals surface area contributed by atoms with Crippen LogP contribution in [-0.2, 0) is 17.6 Å². The fraction of sp³-hybridized carbons (Fsp3) is 0.471. The van der Waals surface area contributed by atoms with Crippen LogP contribution in [0.2, 0.25) is 0 Å². The molecule has 0 spiro atoms. The van der Waals surface area contributed by atoms with E-state index in [4.69, 9.17) is 4.74 Å². The number of carbonyl (C=O) groups excluding carboxylic acids is 1. The molecule has 0 radical (unpaired) electrons. The molecule has 0 saturated carbocycles. The predicted molar refractivity (Wildman–Crippen MR) is 83.5 cm³/mol. The Kier molecular flexibility index (Phi) is 3.40. The second kappa shape index (κ2) is 5.10. The van der Waals surface area contributed by atoms with E-state index in [9.17, 15) is 4.79 Å². The molecule has 3 rings (SSSR count). The lowest BCUT2D eigenvalue weighted by Gasteiger charge is -2.26. The number of aromatic nitrogens is 1. The molecule has 2 aromatic rings. The monoisotopic (exact) mass is 286 g/mol. The Balaban J connectivity index is 1.74. The van der Waals surface area contributed by atoms with Gasteiger partial charge in [0, 0.05) is 22.6 Å². The van der Waals surface area contributed by atoms with Gasteiger partial charge in [0.25, 0.3) is 0 Å². The molecule has 1 atom stereocenters. The van der Waals surface area contributed by atoms with Crippen molar-refractivity contribution >= 4 is 17.0 Å². The van der Waals surface area contributed by atoms with Crippen molar-refractivity contribution in [3.8, 4) is 0 Å². The van der Waals surface area contributed by atoms with Gasteiger partial charge in [-0.25, -0.2) is 4.79 Å². The summed E-state index contributed by atoms with van der Waals surface area (Å²) in [6.07, 6.45) is 2.44. The highest BCUT2D eigenvalue weighted by molar-refractivity contribution is 5.85. The van der Waals surface area contributed by atoms with E-state index >= 15 is 0 Å². The van der Waals surface area contributed by atoms with E-state index in [0.717, 1.165) is 19.3 Å². The van der Waals surface area contributed by atoms with Crippen molar-refractivity contribution in [1.29, 1.82) is 0 Å². The standard InChI is InChI=1S/C17H22N2O2/c1-17(2,3)21-16(20)18-11-8-9-15-13(10-11)12-6-4-5-7-14(12)19-15/h4-7,11,19H,8-10H2,1-3H3,(H,18,20)/t11-/m1/s1. The van der Waals surface area contributed by atoms with Gasteiger partial charge in [-0.05, 0) is 51.7 Å². The van der Waals surface area contributed by atoms with Crippen LogP contribution in [0.4, 0.5) is 4.79 Å². The lowest BCUT2D eigenvalue weighted by Crippen LogP contribution is -2.41. The zero-order chi connectivity index (χ0) is 15.0. The number of alkyl carbamates (subject to hydrolysis) is 1. The van der Waals surface area contributed by atoms with E-state index in [2.05, 4.69) is 28.5 Å². The van der Waals surface area contributed by atoms with Crippen molar-refractivity contribution in [2.75, 3.05) is 0 Å². The minimum absolute atomic E-state index is 0.145. The average Bonchev–Trinajstić information content (AvgIpc) is 2.74. The summed E-state index contributed by atoms with van der Waals surface area (Å²) in [5, 5.41) is 4.26. The molecule has 1 aromatic carbocycles. The quantitative estimate of drug-likeness (QED) is 0.842. The maximum Gasteiger partial charge on any atom is 0.407 e. The maximum atomic E-state index is 11.9. The first kappa shape index (κ1) is 14.0. The van der Waals surface area contributed by atoms with Gasteiger partial charge in [0.1, 0.15) is 5.60 Å². The molecule has 1 aromatic heterocycles. The molecular weight excluding hydrogens is 264 g/mol. The number of aromatic amines is 1. The first-order chi connectivity index (χ1) is 9.92. The Bertz CT molecular complexity index is 667. The molecule has 4 heteroatoms. The zero-order valence-corrected chi connectivity index (χ0v) is 12.8. The average molecular weight is 286 g/mol. The Labute approximate surface area is 124 Å². The lowest BCUT2D eigenvalue weighted by molar-refractivity contribution is 0.0500. The van der Waals surface area contributed by atoms with Gasteiger partial charge in [-0.15, -0.1) is 0 Å². The highest BCUT2D eigenvalue weighted by Crippen LogP contribution is 2.29. The van der Waals surface area contributed by atoms with E-state index < -0.39 is 5.60 Å². The van der Waals surface area contributed by atoms with Crippen LogP contribution in [0.3, 0.4) is 0 Å². The highest BCUT2D eigenvalue weighted by atomic mass is 16.6. The second-order valence-corrected chi connectivity index (χ2v) is 6.71. The summed E-state index contributed by atoms with van der Waals surface area (Å²) in [5.41, 5.74) is 3.36. The summed E-state index contributed by atoms with van der Waals surface area (Å²) in [4.78, 5) is 15.4. The Morgan fingerprint density at radius 2 is 2.10 bits per heavy atom. The van der Waals surface area contributed by atoms with Gasteiger partial charge in [0.05, 0.1) is 0 Å². The molecule has 0 fully saturated rings. The molecule has 0 bridgehead atoms. The van der Waals surface area contributed by atoms with Gasteiger partial charge in [0.15, 0.2) is 0 Å². The fourth-order valence-corrected chi connectivity index (χ4v) is 2.97. The van der Waals surface area contributed by atoms with Crippen LogP contribution in [0.25, 0.3) is 10.9 Å². The van der Waals surface area contributed by atoms with Gasteiger partial charge < -0.3 is 15.0 Å². The Hall–Kier alpha value is -1.97. The Morgan fingerprint density at radius 3 is 2.86 bits per heavy atom. The molecule has 0 unspecified atom stereocenters. The van der Waals surface area contributed by atoms with Gasteiger partial charge >= 0.3 is 6.09 Å². The molecule has 1 amide bonds. The van der Waals surface area contributed by atoms with Crippen molar-refractivity contribution in [1.82, 2.24) is 10.3 Å². The van der Waals surface area contributed by atoms with E-state index in [1.807, 2.05) is 26.8 Å². The number of para-hydroxylation sites is 1. The number of aryl methyl sites for hydroxylation is 1. The summed E-state index contributed by atoms with van der Waals surface area (Å²) >= 11 is 0. The van der Waals surface area contributed by atoms with Crippen LogP contribution in [-0.4, -0.2) is 22.7 Å². The summed E-state index contributed by atoms with van der Waals surface area (Å²) < 4.78 is 5.34. The van der Waals surface area contributed by atoms with Crippen LogP contribution in [0.15, 0.2) is 24.3 Å². The number of nitrogens with one attached hydrogen (secondary N) is 2. The van der Waals surface area contributed by atoms with Gasteiger partial charge in [-0.2, -0.15) is 0 Å². The topological polar surface area (TPSA) is 54.1 Å². The summed E-state index contributed by atoms with van der Waals surface area (Å²) in [7, 11) is 0. The zero-order valence-electron chi connectivity index (χ0n) is 12.8. The van der Waals surface area contributed by atoms with Crippen molar-refractivity contribution in [3.05, 3.63) is 35.5 Å². The maximum absolute atomic E-state index is 11.9. The SMILES string of the molecule is CC(C)(C)OC(=O)N[C@@H]1CCc2[nH]c3ccccc3c2C1. The van der Waals surface area contributed by atoms with Gasteiger partial charge in [0.2, 0.25) is 0 Å². The van der Waals surface area contributed by atoms with Crippen LogP contribution < -0.4 is 5.32 Å². The van der Waals surface area contributed by atoms with Crippen molar-refractivity contribution in [2.45, 2.75) is 51.7 Å². The molecule has 1 heterocycles. The first-order valence-electron chi connectivity index (χ1n) is 7.50. The normalized spacial score (nSPS) is 18.3. The number of rotatable bonds is 1. The van der Waals surface area contributed by atoms with Crippen molar-refractivity contribution < 1.29 is 9.53 Å². The number of hydrogen-bond donors (Lipinski definition) is 2. The van der Waals surface area contributed by atoms with Gasteiger partial charge in [-0.3, -0.25) is 0 Å². The van der Waals surface area contributed by atoms with Crippen molar-refractivity contribution in [3.63, 3.8) is 0 Å². The molecular formula is C17H22N2O2. The summed E-state index contributed by atoms with van der Waals surface area (Å²) in [6.45, 7) is 5.64. The molecule has 1 aliphatic rings. The number of amides is 1. The smallest absolute Gasteiger partial charge is 0.407 e. The first-order valence-corrected chi connectivity index (χ1v) is 7.50. The number of fused-ring (bicyclic) bond motifs is 3. The third-order valence-electron chi connectivity index (χ3n) is 3.82. The molecule has 112 valence electrons. The number of carbonyl (C=O) groups is 1. The minimum Gasteiger partial charge on any atom is -0.444 e. The number of benzene rings is 1. The van der Waals surface area contributed by atoms with Crippen LogP contribution in [0.1, 0.15) is 38.4 Å². The molecule has 21 heavy (non-hydrogen) atoms. The van der Waals surface area contributed by atoms with E-state index in [0.29, 0.717) is 0 Å². The number of hydrogen-bond acceptors (Lipinski definition) is 2. The number of ether oxygens (including phenoxy) is 1. The van der Waals surface area contributed by atoms with E-state index in [-0.39, 0.29) is 12.1 Å².